The molecular weight excluding hydrogens is 374 g/mol. The number of aryl methyl sites for hydroxylation is 3. The monoisotopic (exact) mass is 395 g/mol. The molecule has 2 N–H and O–H groups in total. The Balaban J connectivity index is 1.72. The van der Waals surface area contributed by atoms with Crippen molar-refractivity contribution in [2.45, 2.75) is 32.9 Å². The molecule has 1 aliphatic rings. The van der Waals surface area contributed by atoms with Gasteiger partial charge in [-0.25, -0.2) is 4.98 Å². The number of aliphatic hydroxyl groups is 1. The number of carbonyl (C=O) groups is 2. The van der Waals surface area contributed by atoms with Crippen molar-refractivity contribution in [2.24, 2.45) is 0 Å². The SMILES string of the molecule is Cc1n[nH]c(C)c1/C(O)=C1\C(=O)C(=O)N(CCCn2ccnc2)C1c1ccco1. The van der Waals surface area contributed by atoms with Crippen molar-refractivity contribution in [3.05, 3.63) is 65.4 Å². The predicted octanol–water partition coefficient (Wildman–Crippen LogP) is 2.33. The number of aliphatic hydroxyl groups excluding tert-OH is 1. The van der Waals surface area contributed by atoms with Gasteiger partial charge in [0.25, 0.3) is 11.7 Å². The molecule has 3 aromatic heterocycles. The summed E-state index contributed by atoms with van der Waals surface area (Å²) in [6.07, 6.45) is 7.31. The third kappa shape index (κ3) is 3.24. The second-order valence-corrected chi connectivity index (χ2v) is 6.97. The number of Topliss-reactive ketones (excluding diaryl/α,β-unsaturated/α-hetero) is 1. The molecule has 1 atom stereocenters. The van der Waals surface area contributed by atoms with Crippen molar-refractivity contribution in [2.75, 3.05) is 6.54 Å². The number of amides is 1. The number of hydrogen-bond acceptors (Lipinski definition) is 6. The third-order valence-corrected chi connectivity index (χ3v) is 5.09. The minimum absolute atomic E-state index is 0.0141. The standard InChI is InChI=1S/C20H21N5O4/c1-12-15(13(2)23-22-12)18(26)16-17(14-5-3-10-29-14)25(20(28)19(16)27)8-4-7-24-9-6-21-11-24/h3,5-6,9-11,17,26H,4,7-8H2,1-2H3,(H,22,23)/b18-16+. The van der Waals surface area contributed by atoms with Crippen molar-refractivity contribution < 1.29 is 19.1 Å². The molecule has 1 saturated heterocycles. The summed E-state index contributed by atoms with van der Waals surface area (Å²) < 4.78 is 7.42. The molecule has 29 heavy (non-hydrogen) atoms. The second kappa shape index (κ2) is 7.42. The zero-order chi connectivity index (χ0) is 20.5. The van der Waals surface area contributed by atoms with Gasteiger partial charge in [-0.1, -0.05) is 0 Å². The lowest BCUT2D eigenvalue weighted by molar-refractivity contribution is -0.140. The summed E-state index contributed by atoms with van der Waals surface area (Å²) in [5.41, 5.74) is 1.60. The highest BCUT2D eigenvalue weighted by atomic mass is 16.3. The molecule has 0 aromatic carbocycles. The highest BCUT2D eigenvalue weighted by molar-refractivity contribution is 6.46. The van der Waals surface area contributed by atoms with Crippen molar-refractivity contribution in [3.63, 3.8) is 0 Å². The van der Waals surface area contributed by atoms with Crippen molar-refractivity contribution >= 4 is 17.4 Å². The van der Waals surface area contributed by atoms with Gasteiger partial charge in [0.05, 0.1) is 29.4 Å². The summed E-state index contributed by atoms with van der Waals surface area (Å²) in [4.78, 5) is 31.1. The molecule has 0 aliphatic carbocycles. The smallest absolute Gasteiger partial charge is 0.295 e. The van der Waals surface area contributed by atoms with E-state index in [0.29, 0.717) is 42.2 Å². The number of H-pyrrole nitrogens is 1. The van der Waals surface area contributed by atoms with Crippen LogP contribution in [0.5, 0.6) is 0 Å². The van der Waals surface area contributed by atoms with E-state index < -0.39 is 17.7 Å². The quantitative estimate of drug-likeness (QED) is 0.376. The summed E-state index contributed by atoms with van der Waals surface area (Å²) in [5.74, 6) is -1.21. The first-order chi connectivity index (χ1) is 14.0. The molecule has 1 unspecified atom stereocenters. The first-order valence-electron chi connectivity index (χ1n) is 9.28. The highest BCUT2D eigenvalue weighted by Gasteiger charge is 2.47. The van der Waals surface area contributed by atoms with Crippen LogP contribution in [0.4, 0.5) is 0 Å². The lowest BCUT2D eigenvalue weighted by Gasteiger charge is -2.23. The number of likely N-dealkylation sites (tertiary alicyclic amines) is 1. The molecule has 1 amide bonds. The maximum absolute atomic E-state index is 12.9. The van der Waals surface area contributed by atoms with E-state index in [1.165, 1.54) is 11.2 Å². The van der Waals surface area contributed by atoms with Gasteiger partial charge in [0.1, 0.15) is 17.6 Å². The Hall–Kier alpha value is -3.62. The first kappa shape index (κ1) is 18.7. The molecule has 9 heteroatoms. The van der Waals surface area contributed by atoms with E-state index in [9.17, 15) is 14.7 Å². The van der Waals surface area contributed by atoms with Crippen LogP contribution in [-0.4, -0.2) is 48.0 Å². The molecule has 0 saturated carbocycles. The van der Waals surface area contributed by atoms with Gasteiger partial charge >= 0.3 is 0 Å². The van der Waals surface area contributed by atoms with Gasteiger partial charge in [-0.2, -0.15) is 5.10 Å². The molecule has 0 radical (unpaired) electrons. The van der Waals surface area contributed by atoms with Gasteiger partial charge in [-0.05, 0) is 32.4 Å². The number of aromatic nitrogens is 4. The number of imidazole rings is 1. The lowest BCUT2D eigenvalue weighted by atomic mass is 9.98. The Kier molecular flexibility index (Phi) is 4.79. The molecule has 1 aliphatic heterocycles. The fourth-order valence-electron chi connectivity index (χ4n) is 3.73. The largest absolute Gasteiger partial charge is 0.507 e. The summed E-state index contributed by atoms with van der Waals surface area (Å²) in [5, 5.41) is 17.9. The van der Waals surface area contributed by atoms with Crippen LogP contribution in [0.3, 0.4) is 0 Å². The van der Waals surface area contributed by atoms with Gasteiger partial charge < -0.3 is 19.0 Å². The van der Waals surface area contributed by atoms with E-state index >= 15 is 0 Å². The Morgan fingerprint density at radius 3 is 2.76 bits per heavy atom. The van der Waals surface area contributed by atoms with E-state index in [2.05, 4.69) is 15.2 Å². The third-order valence-electron chi connectivity index (χ3n) is 5.09. The Bertz CT molecular complexity index is 1040. The fourth-order valence-corrected chi connectivity index (χ4v) is 3.73. The van der Waals surface area contributed by atoms with Crippen molar-refractivity contribution in [3.8, 4) is 0 Å². The fraction of sp³-hybridized carbons (Fsp3) is 0.300. The van der Waals surface area contributed by atoms with Crippen LogP contribution in [0.2, 0.25) is 0 Å². The predicted molar refractivity (Wildman–Crippen MR) is 103 cm³/mol. The maximum atomic E-state index is 12.9. The highest BCUT2D eigenvalue weighted by Crippen LogP contribution is 2.40. The number of carbonyl (C=O) groups excluding carboxylic acids is 2. The number of rotatable bonds is 6. The molecular formula is C20H21N5O4. The molecule has 0 bridgehead atoms. The minimum Gasteiger partial charge on any atom is -0.507 e. The molecule has 1 fully saturated rings. The number of aromatic amines is 1. The topological polar surface area (TPSA) is 117 Å². The number of nitrogens with one attached hydrogen (secondary N) is 1. The average molecular weight is 395 g/mol. The molecule has 9 nitrogen and oxygen atoms in total. The number of furan rings is 1. The van der Waals surface area contributed by atoms with Crippen LogP contribution >= 0.6 is 0 Å². The van der Waals surface area contributed by atoms with Crippen LogP contribution in [-0.2, 0) is 16.1 Å². The van der Waals surface area contributed by atoms with E-state index in [-0.39, 0.29) is 11.3 Å². The van der Waals surface area contributed by atoms with Gasteiger partial charge in [0.15, 0.2) is 0 Å². The molecule has 3 aromatic rings. The number of nitrogens with zero attached hydrogens (tertiary/aromatic N) is 4. The van der Waals surface area contributed by atoms with E-state index in [4.69, 9.17) is 4.42 Å². The van der Waals surface area contributed by atoms with E-state index in [1.54, 1.807) is 38.5 Å². The Labute approximate surface area is 166 Å². The average Bonchev–Trinajstić information content (AvgIpc) is 3.47. The van der Waals surface area contributed by atoms with Crippen LogP contribution in [0.1, 0.15) is 35.2 Å². The van der Waals surface area contributed by atoms with E-state index in [1.807, 2.05) is 10.8 Å². The van der Waals surface area contributed by atoms with Gasteiger partial charge in [0.2, 0.25) is 0 Å². The molecule has 150 valence electrons. The maximum Gasteiger partial charge on any atom is 0.295 e. The number of hydrogen-bond donors (Lipinski definition) is 2. The summed E-state index contributed by atoms with van der Waals surface area (Å²) in [6.45, 7) is 4.45. The van der Waals surface area contributed by atoms with Crippen molar-refractivity contribution in [1.29, 1.82) is 0 Å². The van der Waals surface area contributed by atoms with E-state index in [0.717, 1.165) is 0 Å². The van der Waals surface area contributed by atoms with Crippen LogP contribution < -0.4 is 0 Å². The van der Waals surface area contributed by atoms with Gasteiger partial charge in [0, 0.05) is 31.2 Å². The first-order valence-corrected chi connectivity index (χ1v) is 9.28. The van der Waals surface area contributed by atoms with Crippen LogP contribution in [0.25, 0.3) is 5.76 Å². The molecule has 4 rings (SSSR count). The van der Waals surface area contributed by atoms with Gasteiger partial charge in [-0.3, -0.25) is 14.7 Å². The summed E-state index contributed by atoms with van der Waals surface area (Å²) in [6, 6.07) is 2.60. The summed E-state index contributed by atoms with van der Waals surface area (Å²) >= 11 is 0. The van der Waals surface area contributed by atoms with Crippen molar-refractivity contribution in [1.82, 2.24) is 24.6 Å². The minimum atomic E-state index is -0.790. The zero-order valence-corrected chi connectivity index (χ0v) is 16.1. The van der Waals surface area contributed by atoms with Crippen LogP contribution in [0.15, 0.2) is 47.1 Å². The van der Waals surface area contributed by atoms with Crippen LogP contribution in [0, 0.1) is 13.8 Å². The van der Waals surface area contributed by atoms with Gasteiger partial charge in [-0.15, -0.1) is 0 Å². The molecule has 4 heterocycles. The number of ketones is 1. The Morgan fingerprint density at radius 1 is 1.31 bits per heavy atom. The molecule has 0 spiro atoms. The normalized spacial score (nSPS) is 18.7. The zero-order valence-electron chi connectivity index (χ0n) is 16.1. The lowest BCUT2D eigenvalue weighted by Crippen LogP contribution is -2.31. The Morgan fingerprint density at radius 2 is 2.14 bits per heavy atom. The summed E-state index contributed by atoms with van der Waals surface area (Å²) in [7, 11) is 0. The second-order valence-electron chi connectivity index (χ2n) is 6.97.